The molecule has 1 heterocycles. The number of aromatic nitrogens is 2. The molecule has 0 amide bonds. The van der Waals surface area contributed by atoms with Crippen LogP contribution in [0.3, 0.4) is 0 Å². The molecule has 2 aromatic carbocycles. The average Bonchev–Trinajstić information content (AvgIpc) is 2.86. The molecule has 0 radical (unpaired) electrons. The molecule has 0 fully saturated rings. The third kappa shape index (κ3) is 2.57. The Hall–Kier alpha value is -2.71. The van der Waals surface area contributed by atoms with Crippen molar-refractivity contribution in [3.63, 3.8) is 0 Å². The monoisotopic (exact) mass is 294 g/mol. The van der Waals surface area contributed by atoms with Gasteiger partial charge in [-0.2, -0.15) is 5.26 Å². The van der Waals surface area contributed by atoms with Crippen LogP contribution in [0.5, 0.6) is 0 Å². The summed E-state index contributed by atoms with van der Waals surface area (Å²) < 4.78 is 15.4. The summed E-state index contributed by atoms with van der Waals surface area (Å²) in [6, 6.07) is 13.7. The molecule has 3 aromatic rings. The number of hydrogen-bond donors (Lipinski definition) is 1. The maximum atomic E-state index is 13.4. The normalized spacial score (nSPS) is 12.3. The zero-order valence-electron chi connectivity index (χ0n) is 12.1. The summed E-state index contributed by atoms with van der Waals surface area (Å²) in [7, 11) is 0. The second kappa shape index (κ2) is 5.58. The van der Waals surface area contributed by atoms with Gasteiger partial charge in [-0.25, -0.2) is 9.37 Å². The van der Waals surface area contributed by atoms with Gasteiger partial charge in [0.1, 0.15) is 11.6 Å². The van der Waals surface area contributed by atoms with E-state index in [1.807, 2.05) is 23.6 Å². The molecule has 110 valence electrons. The highest BCUT2D eigenvalue weighted by Gasteiger charge is 2.14. The van der Waals surface area contributed by atoms with Crippen LogP contribution in [0.1, 0.15) is 29.9 Å². The van der Waals surface area contributed by atoms with Crippen LogP contribution in [-0.4, -0.2) is 9.55 Å². The van der Waals surface area contributed by atoms with Crippen LogP contribution in [0, 0.1) is 17.1 Å². The molecule has 22 heavy (non-hydrogen) atoms. The lowest BCUT2D eigenvalue weighted by molar-refractivity contribution is 0.629. The van der Waals surface area contributed by atoms with E-state index in [9.17, 15) is 4.39 Å². The number of nitriles is 1. The van der Waals surface area contributed by atoms with Crippen LogP contribution < -0.4 is 5.73 Å². The first-order valence-electron chi connectivity index (χ1n) is 6.99. The van der Waals surface area contributed by atoms with Gasteiger partial charge in [-0.15, -0.1) is 0 Å². The fourth-order valence-electron chi connectivity index (χ4n) is 2.50. The second-order valence-electron chi connectivity index (χ2n) is 5.29. The molecule has 4 nitrogen and oxygen atoms in total. The summed E-state index contributed by atoms with van der Waals surface area (Å²) in [5.74, 6) is 0.400. The Morgan fingerprint density at radius 2 is 2.00 bits per heavy atom. The van der Waals surface area contributed by atoms with Gasteiger partial charge in [0.25, 0.3) is 0 Å². The van der Waals surface area contributed by atoms with Gasteiger partial charge in [-0.05, 0) is 36.8 Å². The van der Waals surface area contributed by atoms with E-state index >= 15 is 0 Å². The van der Waals surface area contributed by atoms with Crippen LogP contribution in [0.25, 0.3) is 11.0 Å². The minimum absolute atomic E-state index is 0.256. The Kier molecular flexibility index (Phi) is 3.61. The van der Waals surface area contributed by atoms with Crippen molar-refractivity contribution in [2.75, 3.05) is 0 Å². The lowest BCUT2D eigenvalue weighted by Crippen LogP contribution is -2.14. The minimum Gasteiger partial charge on any atom is -0.322 e. The van der Waals surface area contributed by atoms with Gasteiger partial charge >= 0.3 is 0 Å². The Labute approximate surface area is 127 Å². The van der Waals surface area contributed by atoms with Crippen molar-refractivity contribution in [2.24, 2.45) is 5.73 Å². The third-order valence-corrected chi connectivity index (χ3v) is 3.57. The summed E-state index contributed by atoms with van der Waals surface area (Å²) in [4.78, 5) is 4.45. The molecule has 1 atom stereocenters. The first kappa shape index (κ1) is 14.2. The smallest absolute Gasteiger partial charge is 0.126 e. The molecule has 0 aliphatic rings. The van der Waals surface area contributed by atoms with E-state index in [0.717, 1.165) is 11.1 Å². The van der Waals surface area contributed by atoms with E-state index in [1.165, 1.54) is 12.1 Å². The Bertz CT molecular complexity index is 857. The molecule has 5 heteroatoms. The van der Waals surface area contributed by atoms with E-state index < -0.39 is 0 Å². The molecule has 0 bridgehead atoms. The van der Waals surface area contributed by atoms with Crippen LogP contribution in [-0.2, 0) is 6.54 Å². The number of rotatable bonds is 3. The standard InChI is InChI=1S/C17H15FN4/c1-11(20)17-21-15-8-14(18)6-7-16(15)22(17)10-13-4-2-12(9-19)3-5-13/h2-8,11H,10,20H2,1H3. The van der Waals surface area contributed by atoms with Crippen molar-refractivity contribution in [1.29, 1.82) is 5.26 Å². The van der Waals surface area contributed by atoms with Crippen molar-refractivity contribution in [3.8, 4) is 6.07 Å². The predicted molar refractivity (Wildman–Crippen MR) is 82.6 cm³/mol. The highest BCUT2D eigenvalue weighted by molar-refractivity contribution is 5.76. The summed E-state index contributed by atoms with van der Waals surface area (Å²) >= 11 is 0. The van der Waals surface area contributed by atoms with Crippen LogP contribution in [0.15, 0.2) is 42.5 Å². The van der Waals surface area contributed by atoms with Crippen LogP contribution in [0.4, 0.5) is 4.39 Å². The molecule has 2 N–H and O–H groups in total. The van der Waals surface area contributed by atoms with Crippen LogP contribution in [0.2, 0.25) is 0 Å². The predicted octanol–water partition coefficient (Wildman–Crippen LogP) is 3.12. The summed E-state index contributed by atoms with van der Waals surface area (Å²) in [6.45, 7) is 2.43. The van der Waals surface area contributed by atoms with Gasteiger partial charge in [0, 0.05) is 12.6 Å². The minimum atomic E-state index is -0.313. The Balaban J connectivity index is 2.07. The first-order valence-corrected chi connectivity index (χ1v) is 6.99. The number of halogens is 1. The molecule has 0 aliphatic carbocycles. The molecule has 1 unspecified atom stereocenters. The zero-order chi connectivity index (χ0) is 15.7. The highest BCUT2D eigenvalue weighted by atomic mass is 19.1. The summed E-state index contributed by atoms with van der Waals surface area (Å²) in [6.07, 6.45) is 0. The molecule has 0 saturated carbocycles. The van der Waals surface area contributed by atoms with E-state index in [2.05, 4.69) is 11.1 Å². The van der Waals surface area contributed by atoms with E-state index in [4.69, 9.17) is 11.0 Å². The maximum absolute atomic E-state index is 13.4. The Morgan fingerprint density at radius 3 is 2.64 bits per heavy atom. The fourth-order valence-corrected chi connectivity index (χ4v) is 2.50. The van der Waals surface area contributed by atoms with Crippen molar-refractivity contribution in [3.05, 3.63) is 65.2 Å². The summed E-state index contributed by atoms with van der Waals surface area (Å²) in [5.41, 5.74) is 9.09. The third-order valence-electron chi connectivity index (χ3n) is 3.57. The number of fused-ring (bicyclic) bond motifs is 1. The number of nitrogens with two attached hydrogens (primary N) is 1. The molecule has 1 aromatic heterocycles. The van der Waals surface area contributed by atoms with Crippen molar-refractivity contribution < 1.29 is 4.39 Å². The number of benzene rings is 2. The molecular weight excluding hydrogens is 279 g/mol. The lowest BCUT2D eigenvalue weighted by atomic mass is 10.1. The number of hydrogen-bond acceptors (Lipinski definition) is 3. The number of nitrogens with zero attached hydrogens (tertiary/aromatic N) is 3. The maximum Gasteiger partial charge on any atom is 0.126 e. The zero-order valence-corrected chi connectivity index (χ0v) is 12.1. The van der Waals surface area contributed by atoms with Gasteiger partial charge in [0.05, 0.1) is 28.7 Å². The molecule has 3 rings (SSSR count). The second-order valence-corrected chi connectivity index (χ2v) is 5.29. The van der Waals surface area contributed by atoms with Gasteiger partial charge in [0.15, 0.2) is 0 Å². The van der Waals surface area contributed by atoms with E-state index in [1.54, 1.807) is 18.2 Å². The van der Waals surface area contributed by atoms with Gasteiger partial charge in [-0.3, -0.25) is 0 Å². The number of imidazole rings is 1. The van der Waals surface area contributed by atoms with E-state index in [0.29, 0.717) is 23.4 Å². The fraction of sp³-hybridized carbons (Fsp3) is 0.176. The largest absolute Gasteiger partial charge is 0.322 e. The van der Waals surface area contributed by atoms with Crippen molar-refractivity contribution >= 4 is 11.0 Å². The summed E-state index contributed by atoms with van der Waals surface area (Å²) in [5, 5.41) is 8.85. The highest BCUT2D eigenvalue weighted by Crippen LogP contribution is 2.22. The lowest BCUT2D eigenvalue weighted by Gasteiger charge is -2.11. The average molecular weight is 294 g/mol. The topological polar surface area (TPSA) is 67.6 Å². The van der Waals surface area contributed by atoms with Gasteiger partial charge in [-0.1, -0.05) is 12.1 Å². The van der Waals surface area contributed by atoms with Gasteiger partial charge < -0.3 is 10.3 Å². The molecule has 0 saturated heterocycles. The first-order chi connectivity index (χ1) is 10.6. The SMILES string of the molecule is CC(N)c1nc2cc(F)ccc2n1Cc1ccc(C#N)cc1. The Morgan fingerprint density at radius 1 is 1.27 bits per heavy atom. The quantitative estimate of drug-likeness (QED) is 0.807. The van der Waals surface area contributed by atoms with Crippen molar-refractivity contribution in [2.45, 2.75) is 19.5 Å². The van der Waals surface area contributed by atoms with Gasteiger partial charge in [0.2, 0.25) is 0 Å². The van der Waals surface area contributed by atoms with E-state index in [-0.39, 0.29) is 11.9 Å². The molecule has 0 spiro atoms. The van der Waals surface area contributed by atoms with Crippen molar-refractivity contribution in [1.82, 2.24) is 9.55 Å². The van der Waals surface area contributed by atoms with Crippen LogP contribution >= 0.6 is 0 Å². The molecule has 0 aliphatic heterocycles. The molecular formula is C17H15FN4.